The van der Waals surface area contributed by atoms with Crippen LogP contribution in [0, 0.1) is 0 Å². The number of nitrogens with one attached hydrogen (secondary N) is 1. The van der Waals surface area contributed by atoms with Crippen LogP contribution < -0.4 is 0 Å². The fraction of sp³-hybridized carbons (Fsp3) is 0.174. The molecular formula is C23H20Cl2N4S. The molecule has 0 aliphatic carbocycles. The van der Waals surface area contributed by atoms with E-state index in [4.69, 9.17) is 23.2 Å². The molecule has 152 valence electrons. The predicted molar refractivity (Wildman–Crippen MR) is 124 cm³/mol. The molecule has 4 rings (SSSR count). The van der Waals surface area contributed by atoms with Crippen LogP contribution in [0.1, 0.15) is 36.5 Å². The summed E-state index contributed by atoms with van der Waals surface area (Å²) in [7, 11) is 0. The third-order valence-corrected chi connectivity index (χ3v) is 6.48. The van der Waals surface area contributed by atoms with Gasteiger partial charge in [-0.1, -0.05) is 60.9 Å². The van der Waals surface area contributed by atoms with E-state index in [-0.39, 0.29) is 0 Å². The molecule has 7 heteroatoms. The first-order valence-electron chi connectivity index (χ1n) is 9.58. The van der Waals surface area contributed by atoms with Crippen molar-refractivity contribution in [2.45, 2.75) is 36.0 Å². The Balaban J connectivity index is 1.74. The van der Waals surface area contributed by atoms with Gasteiger partial charge in [0.2, 0.25) is 5.82 Å². The molecule has 0 atom stereocenters. The molecule has 0 fully saturated rings. The van der Waals surface area contributed by atoms with E-state index < -0.39 is 0 Å². The summed E-state index contributed by atoms with van der Waals surface area (Å²) in [6.07, 6.45) is 0.774. The maximum Gasteiger partial charge on any atom is 0.204 e. The molecule has 0 spiro atoms. The van der Waals surface area contributed by atoms with Crippen LogP contribution in [-0.4, -0.2) is 20.6 Å². The van der Waals surface area contributed by atoms with E-state index in [0.717, 1.165) is 22.0 Å². The number of aromatic nitrogens is 4. The van der Waals surface area contributed by atoms with Gasteiger partial charge in [-0.05, 0) is 82.8 Å². The summed E-state index contributed by atoms with van der Waals surface area (Å²) in [6.45, 7) is 4.37. The number of nitrogens with zero attached hydrogens (tertiary/aromatic N) is 3. The monoisotopic (exact) mass is 454 g/mol. The van der Waals surface area contributed by atoms with Crippen molar-refractivity contribution in [2.75, 3.05) is 0 Å². The molecule has 0 saturated heterocycles. The number of rotatable bonds is 6. The molecule has 1 N–H and O–H groups in total. The second-order valence-corrected chi connectivity index (χ2v) is 9.26. The first kappa shape index (κ1) is 20.9. The van der Waals surface area contributed by atoms with Crippen molar-refractivity contribution in [1.82, 2.24) is 20.6 Å². The first-order valence-corrected chi connectivity index (χ1v) is 11.2. The summed E-state index contributed by atoms with van der Waals surface area (Å²) in [5.74, 6) is 0.961. The van der Waals surface area contributed by atoms with Crippen molar-refractivity contribution in [3.05, 3.63) is 87.4 Å². The number of halogens is 2. The largest absolute Gasteiger partial charge is 0.204 e. The topological polar surface area (TPSA) is 54.5 Å². The van der Waals surface area contributed by atoms with Gasteiger partial charge in [-0.2, -0.15) is 5.21 Å². The van der Waals surface area contributed by atoms with Crippen molar-refractivity contribution in [3.63, 3.8) is 0 Å². The van der Waals surface area contributed by atoms with Crippen molar-refractivity contribution in [1.29, 1.82) is 0 Å². The zero-order valence-electron chi connectivity index (χ0n) is 16.6. The Kier molecular flexibility index (Phi) is 6.42. The molecule has 0 aliphatic heterocycles. The molecule has 4 aromatic rings. The SMILES string of the molecule is CC(C)c1cc(Cl)ccc1Sc1ccc(-c2nn[nH]n2)cc1Cc1ccc(Cl)cc1. The molecule has 0 radical (unpaired) electrons. The Morgan fingerprint density at radius 2 is 1.63 bits per heavy atom. The minimum absolute atomic E-state index is 0.379. The van der Waals surface area contributed by atoms with E-state index in [0.29, 0.717) is 11.7 Å². The minimum atomic E-state index is 0.379. The van der Waals surface area contributed by atoms with E-state index >= 15 is 0 Å². The second-order valence-electron chi connectivity index (χ2n) is 7.30. The number of hydrogen-bond acceptors (Lipinski definition) is 4. The molecule has 0 amide bonds. The number of hydrogen-bond donors (Lipinski definition) is 1. The summed E-state index contributed by atoms with van der Waals surface area (Å²) in [6, 6.07) is 20.3. The molecule has 0 bridgehead atoms. The van der Waals surface area contributed by atoms with Crippen LogP contribution in [0.5, 0.6) is 0 Å². The van der Waals surface area contributed by atoms with Gasteiger partial charge in [-0.25, -0.2) is 0 Å². The Morgan fingerprint density at radius 3 is 2.33 bits per heavy atom. The molecule has 1 heterocycles. The normalized spacial score (nSPS) is 11.2. The van der Waals surface area contributed by atoms with Crippen LogP contribution in [0.25, 0.3) is 11.4 Å². The third kappa shape index (κ3) is 4.86. The molecule has 0 aliphatic rings. The number of H-pyrrole nitrogens is 1. The molecule has 3 aromatic carbocycles. The minimum Gasteiger partial charge on any atom is -0.177 e. The fourth-order valence-electron chi connectivity index (χ4n) is 3.24. The highest BCUT2D eigenvalue weighted by Gasteiger charge is 2.14. The van der Waals surface area contributed by atoms with Crippen LogP contribution in [0.2, 0.25) is 10.0 Å². The standard InChI is InChI=1S/C23H20Cl2N4S/c1-14(2)20-13-19(25)8-10-22(20)30-21-9-5-16(23-26-28-29-27-23)12-17(21)11-15-3-6-18(24)7-4-15/h3-10,12-14H,11H2,1-2H3,(H,26,27,28,29). The Morgan fingerprint density at radius 1 is 0.900 bits per heavy atom. The van der Waals surface area contributed by atoms with Crippen LogP contribution >= 0.6 is 35.0 Å². The van der Waals surface area contributed by atoms with Gasteiger partial charge in [-0.15, -0.1) is 10.2 Å². The third-order valence-electron chi connectivity index (χ3n) is 4.79. The maximum atomic E-state index is 6.25. The summed E-state index contributed by atoms with van der Waals surface area (Å²) in [4.78, 5) is 2.39. The maximum absolute atomic E-state index is 6.25. The van der Waals surface area contributed by atoms with Crippen LogP contribution in [-0.2, 0) is 6.42 Å². The fourth-order valence-corrected chi connectivity index (χ4v) is 4.73. The second kappa shape index (κ2) is 9.21. The van der Waals surface area contributed by atoms with Gasteiger partial charge in [0.15, 0.2) is 0 Å². The molecule has 0 saturated carbocycles. The molecule has 1 aromatic heterocycles. The smallest absolute Gasteiger partial charge is 0.177 e. The number of benzene rings is 3. The van der Waals surface area contributed by atoms with Gasteiger partial charge in [-0.3, -0.25) is 0 Å². The first-order chi connectivity index (χ1) is 14.5. The number of tetrazole rings is 1. The lowest BCUT2D eigenvalue weighted by Gasteiger charge is -2.16. The average molecular weight is 455 g/mol. The van der Waals surface area contributed by atoms with Gasteiger partial charge in [0.1, 0.15) is 0 Å². The van der Waals surface area contributed by atoms with Gasteiger partial charge in [0.05, 0.1) is 0 Å². The van der Waals surface area contributed by atoms with Crippen molar-refractivity contribution in [3.8, 4) is 11.4 Å². The van der Waals surface area contributed by atoms with Crippen molar-refractivity contribution < 1.29 is 0 Å². The van der Waals surface area contributed by atoms with Gasteiger partial charge >= 0.3 is 0 Å². The lowest BCUT2D eigenvalue weighted by Crippen LogP contribution is -1.95. The average Bonchev–Trinajstić information content (AvgIpc) is 3.27. The molecule has 30 heavy (non-hydrogen) atoms. The van der Waals surface area contributed by atoms with E-state index in [2.05, 4.69) is 70.9 Å². The summed E-state index contributed by atoms with van der Waals surface area (Å²) in [5, 5.41) is 15.9. The van der Waals surface area contributed by atoms with E-state index in [1.807, 2.05) is 24.3 Å². The van der Waals surface area contributed by atoms with Crippen molar-refractivity contribution >= 4 is 35.0 Å². The Hall–Kier alpha value is -2.34. The highest BCUT2D eigenvalue weighted by atomic mass is 35.5. The van der Waals surface area contributed by atoms with E-state index in [1.54, 1.807) is 11.8 Å². The highest BCUT2D eigenvalue weighted by Crippen LogP contribution is 2.38. The van der Waals surface area contributed by atoms with Gasteiger partial charge in [0.25, 0.3) is 0 Å². The number of aromatic amines is 1. The quantitative estimate of drug-likeness (QED) is 0.339. The zero-order chi connectivity index (χ0) is 21.1. The van der Waals surface area contributed by atoms with Gasteiger partial charge in [0, 0.05) is 25.4 Å². The summed E-state index contributed by atoms with van der Waals surface area (Å²) >= 11 is 14.1. The van der Waals surface area contributed by atoms with E-state index in [9.17, 15) is 0 Å². The molecular weight excluding hydrogens is 435 g/mol. The Bertz CT molecular complexity index is 1140. The van der Waals surface area contributed by atoms with Crippen LogP contribution in [0.3, 0.4) is 0 Å². The van der Waals surface area contributed by atoms with E-state index in [1.165, 1.54) is 26.5 Å². The van der Waals surface area contributed by atoms with Crippen LogP contribution in [0.15, 0.2) is 70.5 Å². The lowest BCUT2D eigenvalue weighted by molar-refractivity contribution is 0.842. The summed E-state index contributed by atoms with van der Waals surface area (Å²) in [5.41, 5.74) is 4.55. The van der Waals surface area contributed by atoms with Crippen LogP contribution in [0.4, 0.5) is 0 Å². The highest BCUT2D eigenvalue weighted by molar-refractivity contribution is 7.99. The predicted octanol–water partition coefficient (Wildman–Crippen LogP) is 7.04. The molecule has 0 unspecified atom stereocenters. The summed E-state index contributed by atoms with van der Waals surface area (Å²) < 4.78 is 0. The van der Waals surface area contributed by atoms with Crippen molar-refractivity contribution in [2.24, 2.45) is 0 Å². The molecule has 4 nitrogen and oxygen atoms in total. The Labute approximate surface area is 190 Å². The van der Waals surface area contributed by atoms with Gasteiger partial charge < -0.3 is 0 Å². The lowest BCUT2D eigenvalue weighted by atomic mass is 10.0. The zero-order valence-corrected chi connectivity index (χ0v) is 18.9.